The van der Waals surface area contributed by atoms with E-state index < -0.39 is 0 Å². The van der Waals surface area contributed by atoms with E-state index in [1.165, 1.54) is 33.4 Å². The van der Waals surface area contributed by atoms with Gasteiger partial charge in [-0.3, -0.25) is 0 Å². The van der Waals surface area contributed by atoms with Gasteiger partial charge in [0.1, 0.15) is 11.5 Å². The third-order valence-electron chi connectivity index (χ3n) is 14.0. The third kappa shape index (κ3) is 13.8. The Balaban J connectivity index is 0.834. The van der Waals surface area contributed by atoms with Crippen LogP contribution in [-0.2, 0) is 12.8 Å². The highest BCUT2D eigenvalue weighted by Gasteiger charge is 2.15. The van der Waals surface area contributed by atoms with Crippen LogP contribution in [0.5, 0.6) is 11.5 Å². The van der Waals surface area contributed by atoms with E-state index in [1.54, 1.807) is 0 Å². The second-order valence-electron chi connectivity index (χ2n) is 19.5. The zero-order valence-electron chi connectivity index (χ0n) is 44.5. The highest BCUT2D eigenvalue weighted by Crippen LogP contribution is 2.38. The quantitative estimate of drug-likeness (QED) is 0.0499. The lowest BCUT2D eigenvalue weighted by molar-refractivity contribution is 0.311. The molecule has 0 aliphatic heterocycles. The fraction of sp³-hybridized carbons (Fsp3) is 0.139. The molecule has 0 bridgehead atoms. The van der Waals surface area contributed by atoms with Crippen molar-refractivity contribution in [2.45, 2.75) is 53.4 Å². The summed E-state index contributed by atoms with van der Waals surface area (Å²) in [6.45, 7) is 17.7. The van der Waals surface area contributed by atoms with Gasteiger partial charge in [-0.1, -0.05) is 153 Å². The van der Waals surface area contributed by atoms with Crippen molar-refractivity contribution in [1.82, 2.24) is 0 Å². The average molecular weight is 993 g/mol. The minimum atomic E-state index is 0.669. The summed E-state index contributed by atoms with van der Waals surface area (Å²) in [5, 5.41) is 0. The van der Waals surface area contributed by atoms with Crippen LogP contribution in [0.15, 0.2) is 219 Å². The van der Waals surface area contributed by atoms with Crippen LogP contribution in [0.4, 0.5) is 34.1 Å². The Morgan fingerprint density at radius 3 is 1.01 bits per heavy atom. The van der Waals surface area contributed by atoms with E-state index >= 15 is 0 Å². The minimum Gasteiger partial charge on any atom is -0.494 e. The van der Waals surface area contributed by atoms with Crippen LogP contribution < -0.4 is 19.3 Å². The van der Waals surface area contributed by atoms with Gasteiger partial charge in [0.15, 0.2) is 0 Å². The molecule has 0 aromatic heterocycles. The summed E-state index contributed by atoms with van der Waals surface area (Å²) in [5.74, 6) is 1.78. The molecule has 378 valence electrons. The van der Waals surface area contributed by atoms with Gasteiger partial charge < -0.3 is 19.3 Å². The molecule has 0 heterocycles. The molecule has 9 aromatic rings. The second-order valence-corrected chi connectivity index (χ2v) is 19.5. The molecule has 0 aliphatic carbocycles. The van der Waals surface area contributed by atoms with Crippen molar-refractivity contribution < 1.29 is 9.47 Å². The fourth-order valence-corrected chi connectivity index (χ4v) is 9.20. The van der Waals surface area contributed by atoms with Gasteiger partial charge in [0.25, 0.3) is 0 Å². The lowest BCUT2D eigenvalue weighted by atomic mass is 10.0. The molecule has 0 unspecified atom stereocenters. The molecule has 0 N–H and O–H groups in total. The molecule has 4 nitrogen and oxygen atoms in total. The minimum absolute atomic E-state index is 0.669. The van der Waals surface area contributed by atoms with Crippen molar-refractivity contribution in [3.05, 3.63) is 286 Å². The zero-order chi connectivity index (χ0) is 52.6. The number of hydrogen-bond acceptors (Lipinski definition) is 4. The van der Waals surface area contributed by atoms with Crippen molar-refractivity contribution in [2.75, 3.05) is 23.0 Å². The van der Waals surface area contributed by atoms with Gasteiger partial charge >= 0.3 is 0 Å². The predicted molar refractivity (Wildman–Crippen MR) is 326 cm³/mol. The van der Waals surface area contributed by atoms with Crippen molar-refractivity contribution >= 4 is 70.6 Å². The normalized spacial score (nSPS) is 11.2. The Kier molecular flexibility index (Phi) is 17.4. The first-order chi connectivity index (χ1) is 37.2. The first-order valence-electron chi connectivity index (χ1n) is 26.5. The molecule has 76 heavy (non-hydrogen) atoms. The molecule has 9 rings (SSSR count). The molecule has 0 radical (unpaired) electrons. The third-order valence-corrected chi connectivity index (χ3v) is 14.0. The Labute approximate surface area is 451 Å². The summed E-state index contributed by atoms with van der Waals surface area (Å²) in [7, 11) is 0. The van der Waals surface area contributed by atoms with Gasteiger partial charge in [0.05, 0.1) is 13.2 Å². The van der Waals surface area contributed by atoms with Gasteiger partial charge in [0, 0.05) is 34.1 Å². The number of aryl methyl sites for hydroxylation is 6. The topological polar surface area (TPSA) is 24.9 Å². The first-order valence-corrected chi connectivity index (χ1v) is 26.5. The maximum atomic E-state index is 6.01. The Morgan fingerprint density at radius 2 is 0.658 bits per heavy atom. The molecular formula is C72H68N2O2. The van der Waals surface area contributed by atoms with E-state index in [0.29, 0.717) is 13.2 Å². The van der Waals surface area contributed by atoms with Crippen LogP contribution in [0, 0.1) is 27.7 Å². The Hall–Kier alpha value is -8.86. The van der Waals surface area contributed by atoms with E-state index in [-0.39, 0.29) is 0 Å². The summed E-state index contributed by atoms with van der Waals surface area (Å²) in [5.41, 5.74) is 21.2. The zero-order valence-corrected chi connectivity index (χ0v) is 44.5. The van der Waals surface area contributed by atoms with E-state index in [1.807, 2.05) is 60.7 Å². The maximum Gasteiger partial charge on any atom is 0.119 e. The number of benzene rings is 9. The molecule has 0 atom stereocenters. The molecule has 4 heteroatoms. The van der Waals surface area contributed by atoms with Crippen molar-refractivity contribution in [2.24, 2.45) is 0 Å². The number of nitrogens with zero attached hydrogens (tertiary/aromatic N) is 2. The first kappa shape index (κ1) is 52.0. The molecule has 0 amide bonds. The van der Waals surface area contributed by atoms with Crippen LogP contribution in [0.2, 0.25) is 0 Å². The molecule has 0 saturated heterocycles. The Morgan fingerprint density at radius 1 is 0.329 bits per heavy atom. The number of ether oxygens (including phenoxy) is 2. The van der Waals surface area contributed by atoms with Crippen LogP contribution in [0.1, 0.15) is 79.6 Å². The summed E-state index contributed by atoms with van der Waals surface area (Å²) >= 11 is 0. The number of hydrogen-bond donors (Lipinski definition) is 0. The van der Waals surface area contributed by atoms with Gasteiger partial charge in [-0.05, 0) is 223 Å². The monoisotopic (exact) mass is 993 g/mol. The summed E-state index contributed by atoms with van der Waals surface area (Å²) in [4.78, 5) is 4.68. The highest BCUT2D eigenvalue weighted by atomic mass is 16.5. The predicted octanol–water partition coefficient (Wildman–Crippen LogP) is 19.5. The largest absolute Gasteiger partial charge is 0.494 e. The molecule has 0 spiro atoms. The van der Waals surface area contributed by atoms with Crippen molar-refractivity contribution in [1.29, 1.82) is 0 Å². The van der Waals surface area contributed by atoms with Gasteiger partial charge in [-0.2, -0.15) is 0 Å². The van der Waals surface area contributed by atoms with E-state index in [0.717, 1.165) is 105 Å². The molecule has 0 aliphatic rings. The van der Waals surface area contributed by atoms with Crippen LogP contribution >= 0.6 is 0 Å². The van der Waals surface area contributed by atoms with Gasteiger partial charge in [0.2, 0.25) is 0 Å². The van der Waals surface area contributed by atoms with Crippen molar-refractivity contribution in [3.8, 4) is 11.5 Å². The van der Waals surface area contributed by atoms with Crippen LogP contribution in [0.3, 0.4) is 0 Å². The summed E-state index contributed by atoms with van der Waals surface area (Å²) in [6, 6.07) is 73.8. The Bertz CT molecular complexity index is 3180. The lowest BCUT2D eigenvalue weighted by Crippen LogP contribution is -2.10. The standard InChI is InChI=1S/C72H68N2O2/c1-7-57-30-44-71(45-31-57)75-48-10-14-59-22-36-65(37-23-59)73(69-34-16-53(3)55(5)50-69)67-40-26-61(27-41-67)18-20-63-12-9-13-64(52-63)21-19-62-28-42-68(43-29-62)74(70-35-17-54(4)56(6)51-70)66-38-24-60(25-39-66)15-11-49-76-72-46-32-58(8-2)33-47-72/h7-9,12-13,16-47,50-52H,1-2,10-11,14-15,48-49H2,3-6H3/b20-18+,21-19+. The average Bonchev–Trinajstić information content (AvgIpc) is 3.46. The summed E-state index contributed by atoms with van der Waals surface area (Å²) < 4.78 is 12.0. The second kappa shape index (κ2) is 25.4. The highest BCUT2D eigenvalue weighted by molar-refractivity contribution is 5.81. The molecule has 9 aromatic carbocycles. The maximum absolute atomic E-state index is 6.01. The molecule has 0 fully saturated rings. The summed E-state index contributed by atoms with van der Waals surface area (Å²) in [6.07, 6.45) is 16.2. The van der Waals surface area contributed by atoms with E-state index in [9.17, 15) is 0 Å². The smallest absolute Gasteiger partial charge is 0.119 e. The SMILES string of the molecule is C=Cc1ccc(OCCCc2ccc(N(c3ccc(/C=C/c4cccc(/C=C/c5ccc(N(c6ccc(CCCOc7ccc(C=C)cc7)cc6)c6ccc(C)c(C)c6)cc5)c4)cc3)c3ccc(C)c(C)c3)cc2)cc1. The number of rotatable bonds is 22. The fourth-order valence-electron chi connectivity index (χ4n) is 9.20. The van der Waals surface area contributed by atoms with Crippen molar-refractivity contribution in [3.63, 3.8) is 0 Å². The lowest BCUT2D eigenvalue weighted by Gasteiger charge is -2.26. The number of anilines is 6. The van der Waals surface area contributed by atoms with Gasteiger partial charge in [-0.15, -0.1) is 0 Å². The molecular weight excluding hydrogens is 925 g/mol. The van der Waals surface area contributed by atoms with Gasteiger partial charge in [-0.25, -0.2) is 0 Å². The molecule has 0 saturated carbocycles. The van der Waals surface area contributed by atoms with Crippen LogP contribution in [0.25, 0.3) is 36.5 Å². The van der Waals surface area contributed by atoms with E-state index in [2.05, 4.69) is 233 Å². The van der Waals surface area contributed by atoms with Crippen LogP contribution in [-0.4, -0.2) is 13.2 Å². The van der Waals surface area contributed by atoms with E-state index in [4.69, 9.17) is 9.47 Å².